The second kappa shape index (κ2) is 7.25. The van der Waals surface area contributed by atoms with Crippen molar-refractivity contribution in [2.24, 2.45) is 7.05 Å². The van der Waals surface area contributed by atoms with Crippen LogP contribution in [0.4, 0.5) is 10.6 Å². The molecule has 6 nitrogen and oxygen atoms in total. The Morgan fingerprint density at radius 3 is 3.11 bits per heavy atom. The molecule has 3 N–H and O–H groups in total. The normalized spacial score (nSPS) is 9.44. The molecule has 96 valence electrons. The summed E-state index contributed by atoms with van der Waals surface area (Å²) in [4.78, 5) is 25.8. The maximum Gasteiger partial charge on any atom is 0.349 e. The summed E-state index contributed by atoms with van der Waals surface area (Å²) in [5, 5.41) is 2.32. The molecule has 1 aromatic rings. The molecule has 18 heavy (non-hydrogen) atoms. The van der Waals surface area contributed by atoms with Crippen molar-refractivity contribution >= 4 is 43.3 Å². The number of nitrogen functional groups attached to an aromatic ring is 1. The number of nitrogens with zero attached hydrogens (tertiary/aromatic N) is 2. The van der Waals surface area contributed by atoms with Gasteiger partial charge in [-0.25, -0.2) is 4.79 Å². The Morgan fingerprint density at radius 1 is 1.72 bits per heavy atom. The van der Waals surface area contributed by atoms with Crippen LogP contribution in [-0.2, 0) is 7.05 Å². The van der Waals surface area contributed by atoms with Crippen LogP contribution in [0.15, 0.2) is 11.0 Å². The minimum Gasteiger partial charge on any atom is -0.382 e. The maximum atomic E-state index is 11.1. The molecule has 0 saturated carbocycles. The largest absolute Gasteiger partial charge is 0.382 e. The topological polar surface area (TPSA) is 90.0 Å². The van der Waals surface area contributed by atoms with Gasteiger partial charge in [0.05, 0.1) is 12.1 Å². The van der Waals surface area contributed by atoms with E-state index in [0.29, 0.717) is 5.56 Å². The van der Waals surface area contributed by atoms with E-state index in [-0.39, 0.29) is 17.6 Å². The lowest BCUT2D eigenvalue weighted by Gasteiger charge is -2.00. The number of rotatable bonds is 2. The zero-order chi connectivity index (χ0) is 13.5. The summed E-state index contributed by atoms with van der Waals surface area (Å²) in [5.41, 5.74) is 5.56. The van der Waals surface area contributed by atoms with Crippen molar-refractivity contribution in [2.45, 2.75) is 0 Å². The summed E-state index contributed by atoms with van der Waals surface area (Å²) < 4.78 is 1.28. The monoisotopic (exact) mass is 302 g/mol. The van der Waals surface area contributed by atoms with E-state index in [9.17, 15) is 9.59 Å². The van der Waals surface area contributed by atoms with E-state index in [1.807, 2.05) is 0 Å². The van der Waals surface area contributed by atoms with Gasteiger partial charge in [0.2, 0.25) is 0 Å². The number of hydrogen-bond donors (Lipinski definition) is 3. The number of thiol groups is 1. The summed E-state index contributed by atoms with van der Waals surface area (Å²) in [6.45, 7) is 0.183. The standard InChI is InChI=1S/C9H10N4O2S3/c1-13-5-6(7(10)12-8(13)14)3-2-4-11-9(15)17-18-16/h5,16H,4H2,1H3,(H,11,15)(H2,10,12,14). The zero-order valence-electron chi connectivity index (χ0n) is 9.34. The molecule has 0 bridgehead atoms. The van der Waals surface area contributed by atoms with E-state index < -0.39 is 5.69 Å². The van der Waals surface area contributed by atoms with Crippen LogP contribution in [0.1, 0.15) is 5.56 Å². The number of aromatic nitrogens is 2. The molecule has 0 fully saturated rings. The fourth-order valence-electron chi connectivity index (χ4n) is 0.973. The van der Waals surface area contributed by atoms with Crippen molar-refractivity contribution in [1.82, 2.24) is 14.9 Å². The second-order valence-electron chi connectivity index (χ2n) is 3.03. The SMILES string of the molecule is Cn1cc(C#CCNC(=O)SSS)c(N)nc1=O. The average molecular weight is 302 g/mol. The van der Waals surface area contributed by atoms with Gasteiger partial charge in [0.1, 0.15) is 5.82 Å². The highest BCUT2D eigenvalue weighted by Crippen LogP contribution is 2.24. The maximum absolute atomic E-state index is 11.1. The highest BCUT2D eigenvalue weighted by atomic mass is 33.5. The van der Waals surface area contributed by atoms with Crippen LogP contribution < -0.4 is 16.7 Å². The molecule has 0 aliphatic carbocycles. The third-order valence-electron chi connectivity index (χ3n) is 1.77. The van der Waals surface area contributed by atoms with Crippen molar-refractivity contribution in [3.63, 3.8) is 0 Å². The first kappa shape index (κ1) is 14.8. The average Bonchev–Trinajstić information content (AvgIpc) is 2.31. The number of aryl methyl sites for hydroxylation is 1. The molecular formula is C9H10N4O2S3. The summed E-state index contributed by atoms with van der Waals surface area (Å²) >= 11 is 3.82. The predicted molar refractivity (Wildman–Crippen MR) is 78.3 cm³/mol. The van der Waals surface area contributed by atoms with Gasteiger partial charge in [-0.15, -0.1) is 0 Å². The van der Waals surface area contributed by atoms with E-state index in [1.165, 1.54) is 10.8 Å². The molecular weight excluding hydrogens is 292 g/mol. The van der Waals surface area contributed by atoms with E-state index in [1.54, 1.807) is 7.05 Å². The predicted octanol–water partition coefficient (Wildman–Crippen LogP) is 0.650. The van der Waals surface area contributed by atoms with Crippen LogP contribution in [0.25, 0.3) is 0 Å². The Bertz CT molecular complexity index is 561. The van der Waals surface area contributed by atoms with Gasteiger partial charge in [-0.2, -0.15) is 4.98 Å². The van der Waals surface area contributed by atoms with E-state index in [4.69, 9.17) is 5.73 Å². The summed E-state index contributed by atoms with van der Waals surface area (Å²) in [7, 11) is 3.58. The molecule has 1 amide bonds. The van der Waals surface area contributed by atoms with Crippen molar-refractivity contribution < 1.29 is 4.79 Å². The lowest BCUT2D eigenvalue weighted by atomic mass is 10.3. The Labute approximate surface area is 116 Å². The quantitative estimate of drug-likeness (QED) is 0.422. The van der Waals surface area contributed by atoms with Gasteiger partial charge < -0.3 is 15.6 Å². The number of nitrogens with two attached hydrogens (primary N) is 1. The van der Waals surface area contributed by atoms with E-state index in [2.05, 4.69) is 33.8 Å². The Balaban J connectivity index is 2.66. The van der Waals surface area contributed by atoms with Gasteiger partial charge in [-0.3, -0.25) is 4.79 Å². The van der Waals surface area contributed by atoms with Crippen molar-refractivity contribution in [1.29, 1.82) is 0 Å². The molecule has 0 radical (unpaired) electrons. The van der Waals surface area contributed by atoms with Crippen LogP contribution >= 0.6 is 32.3 Å². The lowest BCUT2D eigenvalue weighted by molar-refractivity contribution is 0.262. The molecule has 0 aliphatic rings. The molecule has 1 heterocycles. The number of carbonyl (C=O) groups is 1. The summed E-state index contributed by atoms with van der Waals surface area (Å²) in [6, 6.07) is 0. The fourth-order valence-corrected chi connectivity index (χ4v) is 2.16. The first-order valence-corrected chi connectivity index (χ1v) is 7.82. The van der Waals surface area contributed by atoms with Crippen molar-refractivity contribution in [2.75, 3.05) is 12.3 Å². The van der Waals surface area contributed by atoms with Crippen LogP contribution in [0.5, 0.6) is 0 Å². The molecule has 1 aromatic heterocycles. The Kier molecular flexibility index (Phi) is 5.97. The molecule has 0 saturated heterocycles. The summed E-state index contributed by atoms with van der Waals surface area (Å²) in [6.07, 6.45) is 1.50. The molecule has 0 atom stereocenters. The van der Waals surface area contributed by atoms with Gasteiger partial charge in [0.15, 0.2) is 0 Å². The number of hydrogen-bond acceptors (Lipinski definition) is 7. The highest BCUT2D eigenvalue weighted by molar-refractivity contribution is 9.08. The number of carbonyl (C=O) groups excluding carboxylic acids is 1. The first-order valence-electron chi connectivity index (χ1n) is 4.62. The highest BCUT2D eigenvalue weighted by Gasteiger charge is 2.01. The molecule has 9 heteroatoms. The Morgan fingerprint density at radius 2 is 2.44 bits per heavy atom. The van der Waals surface area contributed by atoms with Gasteiger partial charge in [0.25, 0.3) is 5.24 Å². The van der Waals surface area contributed by atoms with Gasteiger partial charge >= 0.3 is 5.69 Å². The van der Waals surface area contributed by atoms with Crippen LogP contribution in [0.2, 0.25) is 0 Å². The third kappa shape index (κ3) is 4.56. The molecule has 0 spiro atoms. The lowest BCUT2D eigenvalue weighted by Crippen LogP contribution is -2.21. The molecule has 1 rings (SSSR count). The fraction of sp³-hybridized carbons (Fsp3) is 0.222. The van der Waals surface area contributed by atoms with Crippen molar-refractivity contribution in [3.05, 3.63) is 22.2 Å². The smallest absolute Gasteiger partial charge is 0.349 e. The van der Waals surface area contributed by atoms with Crippen molar-refractivity contribution in [3.8, 4) is 11.8 Å². The zero-order valence-corrected chi connectivity index (χ0v) is 11.9. The van der Waals surface area contributed by atoms with Crippen LogP contribution in [0, 0.1) is 11.8 Å². The summed E-state index contributed by atoms with van der Waals surface area (Å²) in [5.74, 6) is 5.53. The van der Waals surface area contributed by atoms with Gasteiger partial charge in [-0.1, -0.05) is 23.5 Å². The number of nitrogens with one attached hydrogen (secondary N) is 1. The molecule has 0 aliphatic heterocycles. The van der Waals surface area contributed by atoms with Crippen LogP contribution in [0.3, 0.4) is 0 Å². The minimum atomic E-state index is -0.437. The number of anilines is 1. The molecule has 0 unspecified atom stereocenters. The van der Waals surface area contributed by atoms with E-state index in [0.717, 1.165) is 20.6 Å². The van der Waals surface area contributed by atoms with Crippen LogP contribution in [-0.4, -0.2) is 21.3 Å². The first-order chi connectivity index (χ1) is 8.54. The minimum absolute atomic E-state index is 0.0808. The second-order valence-corrected chi connectivity index (χ2v) is 6.01. The number of amides is 1. The molecule has 0 aromatic carbocycles. The van der Waals surface area contributed by atoms with E-state index >= 15 is 0 Å². The van der Waals surface area contributed by atoms with Gasteiger partial charge in [-0.05, 0) is 9.83 Å². The third-order valence-corrected chi connectivity index (χ3v) is 3.49. The van der Waals surface area contributed by atoms with Gasteiger partial charge in [0, 0.05) is 24.0 Å². The Hall–Kier alpha value is -1.24.